The lowest BCUT2D eigenvalue weighted by Gasteiger charge is -2.06. The number of amides is 1. The Kier molecular flexibility index (Phi) is 3.79. The summed E-state index contributed by atoms with van der Waals surface area (Å²) in [7, 11) is 1.43. The average Bonchev–Trinajstić information content (AvgIpc) is 2.62. The summed E-state index contributed by atoms with van der Waals surface area (Å²) in [6.45, 7) is 0. The third-order valence-corrected chi connectivity index (χ3v) is 3.66. The van der Waals surface area contributed by atoms with Crippen LogP contribution in [0.2, 0.25) is 5.02 Å². The molecular weight excluding hydrogens is 294 g/mol. The van der Waals surface area contributed by atoms with Crippen molar-refractivity contribution >= 4 is 51.9 Å². The number of halogens is 1. The second-order valence-corrected chi connectivity index (χ2v) is 5.53. The normalized spacial score (nSPS) is 17.1. The van der Waals surface area contributed by atoms with Gasteiger partial charge in [0.15, 0.2) is 11.5 Å². The summed E-state index contributed by atoms with van der Waals surface area (Å²) in [5, 5.41) is 12.3. The maximum absolute atomic E-state index is 11.5. The number of thioether (sulfide) groups is 1. The average molecular weight is 302 g/mol. The van der Waals surface area contributed by atoms with Crippen molar-refractivity contribution in [1.29, 1.82) is 0 Å². The Morgan fingerprint density at radius 2 is 2.28 bits per heavy atom. The number of carbonyl (C=O) groups is 1. The van der Waals surface area contributed by atoms with E-state index in [2.05, 4.69) is 5.32 Å². The number of rotatable bonds is 2. The maximum atomic E-state index is 11.5. The highest BCUT2D eigenvalue weighted by molar-refractivity contribution is 8.26. The number of nitrogens with one attached hydrogen (secondary N) is 1. The summed E-state index contributed by atoms with van der Waals surface area (Å²) in [6, 6.07) is 3.13. The number of aromatic hydroxyl groups is 1. The van der Waals surface area contributed by atoms with Crippen LogP contribution in [0.3, 0.4) is 0 Å². The maximum Gasteiger partial charge on any atom is 0.263 e. The lowest BCUT2D eigenvalue weighted by atomic mass is 10.2. The quantitative estimate of drug-likeness (QED) is 0.649. The summed E-state index contributed by atoms with van der Waals surface area (Å²) in [6.07, 6.45) is 1.63. The molecule has 1 aromatic carbocycles. The van der Waals surface area contributed by atoms with Gasteiger partial charge in [0.25, 0.3) is 5.91 Å². The first-order valence-corrected chi connectivity index (χ1v) is 6.43. The van der Waals surface area contributed by atoms with Gasteiger partial charge in [0.2, 0.25) is 0 Å². The zero-order chi connectivity index (χ0) is 13.3. The van der Waals surface area contributed by atoms with E-state index in [4.69, 9.17) is 28.6 Å². The number of phenolic OH excluding ortho intramolecular Hbond substituents is 1. The Morgan fingerprint density at radius 1 is 1.56 bits per heavy atom. The fraction of sp³-hybridized carbons (Fsp3) is 0.0909. The van der Waals surface area contributed by atoms with Crippen LogP contribution in [0.15, 0.2) is 17.0 Å². The molecule has 2 N–H and O–H groups in total. The molecule has 1 aliphatic rings. The Balaban J connectivity index is 2.41. The summed E-state index contributed by atoms with van der Waals surface area (Å²) >= 11 is 11.9. The smallest absolute Gasteiger partial charge is 0.263 e. The predicted molar refractivity (Wildman–Crippen MR) is 76.0 cm³/mol. The zero-order valence-corrected chi connectivity index (χ0v) is 11.6. The van der Waals surface area contributed by atoms with Gasteiger partial charge in [0, 0.05) is 0 Å². The number of hydrogen-bond acceptors (Lipinski definition) is 5. The second-order valence-electron chi connectivity index (χ2n) is 3.41. The molecule has 0 bridgehead atoms. The molecule has 0 atom stereocenters. The van der Waals surface area contributed by atoms with Gasteiger partial charge in [-0.2, -0.15) is 0 Å². The molecule has 0 radical (unpaired) electrons. The highest BCUT2D eigenvalue weighted by Crippen LogP contribution is 2.36. The minimum atomic E-state index is -0.242. The first-order valence-electron chi connectivity index (χ1n) is 4.82. The fourth-order valence-corrected chi connectivity index (χ4v) is 2.67. The molecule has 1 aliphatic heterocycles. The van der Waals surface area contributed by atoms with Crippen molar-refractivity contribution in [1.82, 2.24) is 5.32 Å². The van der Waals surface area contributed by atoms with Gasteiger partial charge in [-0.15, -0.1) is 0 Å². The van der Waals surface area contributed by atoms with Crippen molar-refractivity contribution in [3.8, 4) is 11.5 Å². The van der Waals surface area contributed by atoms with E-state index in [1.54, 1.807) is 18.2 Å². The first-order chi connectivity index (χ1) is 8.51. The van der Waals surface area contributed by atoms with E-state index in [0.717, 1.165) is 0 Å². The number of phenols is 1. The Hall–Kier alpha value is -1.24. The van der Waals surface area contributed by atoms with Crippen LogP contribution < -0.4 is 10.1 Å². The van der Waals surface area contributed by atoms with Gasteiger partial charge < -0.3 is 15.2 Å². The van der Waals surface area contributed by atoms with Crippen molar-refractivity contribution in [2.45, 2.75) is 0 Å². The third-order valence-electron chi connectivity index (χ3n) is 2.21. The van der Waals surface area contributed by atoms with E-state index in [-0.39, 0.29) is 22.4 Å². The molecule has 0 unspecified atom stereocenters. The molecule has 1 amide bonds. The van der Waals surface area contributed by atoms with Crippen molar-refractivity contribution in [2.24, 2.45) is 0 Å². The molecule has 1 fully saturated rings. The predicted octanol–water partition coefficient (Wildman–Crippen LogP) is 2.54. The minimum absolute atomic E-state index is 0.125. The highest BCUT2D eigenvalue weighted by atomic mass is 35.5. The standard InChI is InChI=1S/C11H8ClNO3S2/c1-16-7-3-5(2-6(12)9(7)14)4-8-10(15)13-11(17)18-8/h2-4,14H,1H3,(H,13,15,17)/b8-4+. The first kappa shape index (κ1) is 13.2. The number of carbonyl (C=O) groups excluding carboxylic acids is 1. The van der Waals surface area contributed by atoms with Crippen LogP contribution in [0.25, 0.3) is 6.08 Å². The Morgan fingerprint density at radius 3 is 2.83 bits per heavy atom. The lowest BCUT2D eigenvalue weighted by molar-refractivity contribution is -0.115. The van der Waals surface area contributed by atoms with E-state index in [0.29, 0.717) is 14.8 Å². The van der Waals surface area contributed by atoms with Crippen molar-refractivity contribution in [3.05, 3.63) is 27.6 Å². The van der Waals surface area contributed by atoms with Crippen molar-refractivity contribution in [3.63, 3.8) is 0 Å². The third kappa shape index (κ3) is 2.60. The summed E-state index contributed by atoms with van der Waals surface area (Å²) < 4.78 is 5.40. The molecular formula is C11H8ClNO3S2. The van der Waals surface area contributed by atoms with Crippen LogP contribution in [-0.2, 0) is 4.79 Å². The van der Waals surface area contributed by atoms with Crippen molar-refractivity contribution in [2.75, 3.05) is 7.11 Å². The van der Waals surface area contributed by atoms with Gasteiger partial charge >= 0.3 is 0 Å². The number of thiocarbonyl (C=S) groups is 1. The number of benzene rings is 1. The van der Waals surface area contributed by atoms with Crippen LogP contribution in [0, 0.1) is 0 Å². The molecule has 1 saturated heterocycles. The van der Waals surface area contributed by atoms with Crippen molar-refractivity contribution < 1.29 is 14.6 Å². The van der Waals surface area contributed by atoms with Gasteiger partial charge in [0.1, 0.15) is 4.32 Å². The van der Waals surface area contributed by atoms with E-state index >= 15 is 0 Å². The Labute approximate surface area is 118 Å². The molecule has 0 saturated carbocycles. The van der Waals surface area contributed by atoms with E-state index < -0.39 is 0 Å². The number of hydrogen-bond donors (Lipinski definition) is 2. The van der Waals surface area contributed by atoms with E-state index in [9.17, 15) is 9.90 Å². The molecule has 0 aromatic heterocycles. The Bertz CT molecular complexity index is 572. The summed E-state index contributed by atoms with van der Waals surface area (Å²) in [5.74, 6) is -0.117. The van der Waals surface area contributed by atoms with Crippen LogP contribution in [0.1, 0.15) is 5.56 Å². The molecule has 1 aromatic rings. The van der Waals surface area contributed by atoms with Gasteiger partial charge in [-0.1, -0.05) is 35.6 Å². The molecule has 0 aliphatic carbocycles. The molecule has 0 spiro atoms. The monoisotopic (exact) mass is 301 g/mol. The van der Waals surface area contributed by atoms with Gasteiger partial charge in [0.05, 0.1) is 17.0 Å². The SMILES string of the molecule is COc1cc(/C=C2/SC(=S)NC2=O)cc(Cl)c1O. The van der Waals surface area contributed by atoms with Gasteiger partial charge in [-0.05, 0) is 23.8 Å². The molecule has 18 heavy (non-hydrogen) atoms. The van der Waals surface area contributed by atoms with Crippen LogP contribution in [0.4, 0.5) is 0 Å². The molecule has 4 nitrogen and oxygen atoms in total. The minimum Gasteiger partial charge on any atom is -0.503 e. The number of ether oxygens (including phenoxy) is 1. The van der Waals surface area contributed by atoms with Crippen LogP contribution in [0.5, 0.6) is 11.5 Å². The van der Waals surface area contributed by atoms with Gasteiger partial charge in [-0.3, -0.25) is 4.79 Å². The van der Waals surface area contributed by atoms with Crippen LogP contribution >= 0.6 is 35.6 Å². The van der Waals surface area contributed by atoms with Crippen LogP contribution in [-0.4, -0.2) is 22.4 Å². The van der Waals surface area contributed by atoms with E-state index in [1.165, 1.54) is 18.9 Å². The number of methoxy groups -OCH3 is 1. The summed E-state index contributed by atoms with van der Waals surface area (Å²) in [5.41, 5.74) is 0.650. The lowest BCUT2D eigenvalue weighted by Crippen LogP contribution is -2.17. The zero-order valence-electron chi connectivity index (χ0n) is 9.19. The van der Waals surface area contributed by atoms with Gasteiger partial charge in [-0.25, -0.2) is 0 Å². The fourth-order valence-electron chi connectivity index (χ4n) is 1.41. The molecule has 94 valence electrons. The largest absolute Gasteiger partial charge is 0.503 e. The molecule has 2 rings (SSSR count). The summed E-state index contributed by atoms with van der Waals surface area (Å²) in [4.78, 5) is 12.0. The van der Waals surface area contributed by atoms with E-state index in [1.807, 2.05) is 0 Å². The second kappa shape index (κ2) is 5.17. The molecule has 1 heterocycles. The molecule has 7 heteroatoms. The topological polar surface area (TPSA) is 58.6 Å². The highest BCUT2D eigenvalue weighted by Gasteiger charge is 2.22.